The summed E-state index contributed by atoms with van der Waals surface area (Å²) >= 11 is 1.62. The van der Waals surface area contributed by atoms with Gasteiger partial charge in [-0.2, -0.15) is 0 Å². The van der Waals surface area contributed by atoms with Crippen LogP contribution in [0.2, 0.25) is 0 Å². The first-order valence-corrected chi connectivity index (χ1v) is 16.8. The van der Waals surface area contributed by atoms with Crippen LogP contribution in [-0.2, 0) is 4.79 Å². The first-order chi connectivity index (χ1) is 19.7. The van der Waals surface area contributed by atoms with Gasteiger partial charge in [-0.05, 0) is 72.9 Å². The number of amides is 1. The van der Waals surface area contributed by atoms with E-state index in [1.807, 2.05) is 18.2 Å². The normalized spacial score (nSPS) is 11.5. The molecule has 0 fully saturated rings. The van der Waals surface area contributed by atoms with Crippen LogP contribution in [0.15, 0.2) is 64.2 Å². The van der Waals surface area contributed by atoms with E-state index in [1.165, 1.54) is 27.4 Å². The number of hydrogen-bond acceptors (Lipinski definition) is 5. The summed E-state index contributed by atoms with van der Waals surface area (Å²) in [5.74, 6) is 2.54. The molecule has 0 aliphatic carbocycles. The minimum Gasteiger partial charge on any atom is -0.497 e. The number of carbonyl (C=O) groups excluding carboxylic acids is 1. The molecule has 3 aromatic carbocycles. The van der Waals surface area contributed by atoms with Crippen LogP contribution in [0.4, 0.5) is 5.69 Å². The van der Waals surface area contributed by atoms with E-state index in [-0.39, 0.29) is 5.91 Å². The molecular weight excluding hydrogens is 545 g/mol. The fraction of sp³-hybridized carbons (Fsp3) is 0.412. The topological polar surface area (TPSA) is 64.4 Å². The number of thioether (sulfide) groups is 1. The lowest BCUT2D eigenvalue weighted by atomic mass is 9.92. The molecule has 5 nitrogen and oxygen atoms in total. The minimum atomic E-state index is 0.0965. The Hall–Kier alpha value is -3.03. The van der Waals surface area contributed by atoms with Crippen molar-refractivity contribution in [2.75, 3.05) is 17.3 Å². The number of oxazole rings is 1. The van der Waals surface area contributed by atoms with E-state index in [0.29, 0.717) is 39.2 Å². The molecule has 1 N–H and O–H groups in total. The smallest absolute Gasteiger partial charge is 0.256 e. The molecule has 2 radical (unpaired) electrons. The number of aryl methyl sites for hydroxylation is 1. The highest BCUT2D eigenvalue weighted by Crippen LogP contribution is 2.32. The summed E-state index contributed by atoms with van der Waals surface area (Å²) < 4.78 is 12.0. The van der Waals surface area contributed by atoms with Gasteiger partial charge in [-0.15, -0.1) is 0 Å². The van der Waals surface area contributed by atoms with Gasteiger partial charge in [0.05, 0.1) is 6.23 Å². The largest absolute Gasteiger partial charge is 0.497 e. The van der Waals surface area contributed by atoms with Crippen molar-refractivity contribution in [1.82, 2.24) is 4.98 Å². The summed E-state index contributed by atoms with van der Waals surface area (Å²) in [5, 5.41) is 5.25. The maximum Gasteiger partial charge on any atom is 0.256 e. The summed E-state index contributed by atoms with van der Waals surface area (Å²) in [6, 6.07) is 18.6. The highest BCUT2D eigenvalue weighted by atomic mass is 32.2. The number of nitrogens with zero attached hydrogens (tertiary/aromatic N) is 1. The molecule has 0 aliphatic rings. The number of nitrogens with one attached hydrogen (secondary N) is 1. The van der Waals surface area contributed by atoms with Gasteiger partial charge in [0.25, 0.3) is 5.22 Å². The molecule has 216 valence electrons. The monoisotopic (exact) mass is 586 g/mol. The molecule has 1 aromatic heterocycles. The van der Waals surface area contributed by atoms with Crippen LogP contribution < -0.4 is 15.2 Å². The van der Waals surface area contributed by atoms with Crippen LogP contribution >= 0.6 is 11.8 Å². The van der Waals surface area contributed by atoms with Crippen molar-refractivity contribution < 1.29 is 13.9 Å². The third-order valence-corrected chi connectivity index (χ3v) is 9.48. The molecule has 0 saturated carbocycles. The van der Waals surface area contributed by atoms with Gasteiger partial charge in [0, 0.05) is 23.9 Å². The molecule has 0 atom stereocenters. The standard InChI is InChI=1S/C34H42N2O3SSi/c1-22(2)27-13-11-14-28(23(3)4)33(27)36-32(37)16-8-7-9-19-40-34-35-29-20-26(17-18-30(29)39-34)38-21-41-31-15-10-12-24(5)25(31)6/h10-15,17-18,20,22-23H,7-9,16,19,21H2,1-6H3,(H,36,37). The van der Waals surface area contributed by atoms with Crippen molar-refractivity contribution in [2.45, 2.75) is 84.3 Å². The Balaban J connectivity index is 1.19. The Morgan fingerprint density at radius 2 is 1.71 bits per heavy atom. The number of anilines is 1. The maximum atomic E-state index is 12.8. The van der Waals surface area contributed by atoms with Crippen LogP contribution in [0.1, 0.15) is 87.5 Å². The summed E-state index contributed by atoms with van der Waals surface area (Å²) in [4.78, 5) is 17.4. The Morgan fingerprint density at radius 3 is 2.44 bits per heavy atom. The quantitative estimate of drug-likeness (QED) is 0.0914. The van der Waals surface area contributed by atoms with Crippen LogP contribution in [0.5, 0.6) is 5.75 Å². The number of fused-ring (bicyclic) bond motifs is 1. The van der Waals surface area contributed by atoms with Gasteiger partial charge in [0.15, 0.2) is 5.58 Å². The second-order valence-corrected chi connectivity index (χ2v) is 13.4. The first kappa shape index (κ1) is 30.9. The fourth-order valence-electron chi connectivity index (χ4n) is 4.80. The van der Waals surface area contributed by atoms with Crippen LogP contribution in [0.3, 0.4) is 0 Å². The molecule has 0 bridgehead atoms. The van der Waals surface area contributed by atoms with Crippen molar-refractivity contribution in [2.24, 2.45) is 0 Å². The van der Waals surface area contributed by atoms with Gasteiger partial charge in [0.1, 0.15) is 20.8 Å². The van der Waals surface area contributed by atoms with Crippen molar-refractivity contribution >= 4 is 49.2 Å². The van der Waals surface area contributed by atoms with E-state index in [4.69, 9.17) is 9.15 Å². The number of unbranched alkanes of at least 4 members (excludes halogenated alkanes) is 2. The molecule has 4 aromatic rings. The molecule has 7 heteroatoms. The van der Waals surface area contributed by atoms with Crippen molar-refractivity contribution in [3.63, 3.8) is 0 Å². The average Bonchev–Trinajstić information content (AvgIpc) is 3.35. The minimum absolute atomic E-state index is 0.0965. The van der Waals surface area contributed by atoms with Crippen molar-refractivity contribution in [3.05, 3.63) is 76.9 Å². The van der Waals surface area contributed by atoms with E-state index in [1.54, 1.807) is 11.8 Å². The van der Waals surface area contributed by atoms with Crippen molar-refractivity contribution in [1.29, 1.82) is 0 Å². The zero-order valence-corrected chi connectivity index (χ0v) is 27.0. The molecule has 0 aliphatic heterocycles. The second kappa shape index (κ2) is 14.7. The maximum absolute atomic E-state index is 12.8. The lowest BCUT2D eigenvalue weighted by Crippen LogP contribution is -2.24. The highest BCUT2D eigenvalue weighted by molar-refractivity contribution is 7.99. The highest BCUT2D eigenvalue weighted by Gasteiger charge is 2.16. The Labute approximate surface area is 251 Å². The van der Waals surface area contributed by atoms with E-state index in [2.05, 4.69) is 88.2 Å². The number of para-hydroxylation sites is 1. The lowest BCUT2D eigenvalue weighted by molar-refractivity contribution is -0.116. The number of benzene rings is 3. The van der Waals surface area contributed by atoms with Gasteiger partial charge in [0.2, 0.25) is 5.91 Å². The van der Waals surface area contributed by atoms with E-state index < -0.39 is 0 Å². The summed E-state index contributed by atoms with van der Waals surface area (Å²) in [6.45, 7) is 13.0. The number of carbonyl (C=O) groups is 1. The zero-order valence-electron chi connectivity index (χ0n) is 25.2. The summed E-state index contributed by atoms with van der Waals surface area (Å²) in [6.07, 6.45) is 4.04. The van der Waals surface area contributed by atoms with Gasteiger partial charge in [-0.25, -0.2) is 4.98 Å². The average molecular weight is 587 g/mol. The molecule has 1 heterocycles. The molecule has 0 spiro atoms. The van der Waals surface area contributed by atoms with E-state index in [9.17, 15) is 4.79 Å². The van der Waals surface area contributed by atoms with Gasteiger partial charge >= 0.3 is 0 Å². The second-order valence-electron chi connectivity index (χ2n) is 11.2. The Morgan fingerprint density at radius 1 is 0.976 bits per heavy atom. The van der Waals surface area contributed by atoms with Gasteiger partial charge in [-0.1, -0.05) is 87.5 Å². The molecule has 0 saturated heterocycles. The van der Waals surface area contributed by atoms with Crippen LogP contribution in [0.25, 0.3) is 11.1 Å². The first-order valence-electron chi connectivity index (χ1n) is 14.6. The van der Waals surface area contributed by atoms with Gasteiger partial charge in [-0.3, -0.25) is 4.79 Å². The zero-order chi connectivity index (χ0) is 29.4. The molecule has 4 rings (SSSR count). The SMILES string of the molecule is Cc1cccc([Si]COc2ccc3oc(SCCCCCC(=O)Nc4c(C(C)C)cccc4C(C)C)nc3c2)c1C. The fourth-order valence-corrected chi connectivity index (χ4v) is 6.70. The predicted octanol–water partition coefficient (Wildman–Crippen LogP) is 8.35. The van der Waals surface area contributed by atoms with Crippen LogP contribution in [0, 0.1) is 13.8 Å². The van der Waals surface area contributed by atoms with E-state index in [0.717, 1.165) is 47.6 Å². The van der Waals surface area contributed by atoms with Crippen LogP contribution in [-0.4, -0.2) is 32.4 Å². The number of rotatable bonds is 14. The van der Waals surface area contributed by atoms with E-state index >= 15 is 0 Å². The number of ether oxygens (including phenoxy) is 1. The summed E-state index contributed by atoms with van der Waals surface area (Å²) in [5.41, 5.74) is 7.67. The predicted molar refractivity (Wildman–Crippen MR) is 173 cm³/mol. The Kier molecular flexibility index (Phi) is 11.1. The molecule has 41 heavy (non-hydrogen) atoms. The van der Waals surface area contributed by atoms with Gasteiger partial charge < -0.3 is 14.5 Å². The number of hydrogen-bond donors (Lipinski definition) is 1. The number of aromatic nitrogens is 1. The Bertz CT molecular complexity index is 1440. The lowest BCUT2D eigenvalue weighted by Gasteiger charge is -2.20. The third kappa shape index (κ3) is 8.49. The molecular formula is C34H42N2O3SSi. The van der Waals surface area contributed by atoms with Crippen molar-refractivity contribution in [3.8, 4) is 5.75 Å². The third-order valence-electron chi connectivity index (χ3n) is 7.36. The molecule has 1 amide bonds. The molecule has 0 unspecified atom stereocenters. The summed E-state index contributed by atoms with van der Waals surface area (Å²) in [7, 11) is 0.598.